The Labute approximate surface area is 172 Å². The van der Waals surface area contributed by atoms with Gasteiger partial charge in [-0.25, -0.2) is 9.78 Å². The molecule has 1 saturated carbocycles. The summed E-state index contributed by atoms with van der Waals surface area (Å²) < 4.78 is 5.67. The van der Waals surface area contributed by atoms with Gasteiger partial charge in [-0.05, 0) is 31.4 Å². The third-order valence-corrected chi connectivity index (χ3v) is 6.83. The number of aryl methyl sites for hydroxylation is 1. The van der Waals surface area contributed by atoms with E-state index in [9.17, 15) is 14.4 Å². The molecule has 2 amide bonds. The number of rotatable bonds is 5. The molecule has 29 heavy (non-hydrogen) atoms. The summed E-state index contributed by atoms with van der Waals surface area (Å²) in [5, 5.41) is 2.86. The van der Waals surface area contributed by atoms with Crippen LogP contribution in [-0.2, 0) is 27.4 Å². The highest BCUT2D eigenvalue weighted by molar-refractivity contribution is 7.09. The lowest BCUT2D eigenvalue weighted by Gasteiger charge is -2.48. The fourth-order valence-corrected chi connectivity index (χ4v) is 5.07. The van der Waals surface area contributed by atoms with Gasteiger partial charge >= 0.3 is 5.97 Å². The van der Waals surface area contributed by atoms with E-state index in [4.69, 9.17) is 4.74 Å². The fraction of sp³-hybridized carbons (Fsp3) is 0.429. The number of benzene rings is 1. The number of thiazole rings is 1. The van der Waals surface area contributed by atoms with Gasteiger partial charge in [0, 0.05) is 24.3 Å². The first-order valence-corrected chi connectivity index (χ1v) is 10.8. The van der Waals surface area contributed by atoms with E-state index in [0.717, 1.165) is 24.3 Å². The lowest BCUT2D eigenvalue weighted by molar-refractivity contribution is -0.159. The van der Waals surface area contributed by atoms with E-state index in [1.165, 1.54) is 16.2 Å². The average molecular weight is 411 g/mol. The highest BCUT2D eigenvalue weighted by atomic mass is 32.1. The summed E-state index contributed by atoms with van der Waals surface area (Å²) in [6.07, 6.45) is 2.94. The van der Waals surface area contributed by atoms with Gasteiger partial charge in [0.1, 0.15) is 6.61 Å². The van der Waals surface area contributed by atoms with Gasteiger partial charge in [0.15, 0.2) is 0 Å². The molecule has 2 aliphatic heterocycles. The van der Waals surface area contributed by atoms with E-state index >= 15 is 0 Å². The lowest BCUT2D eigenvalue weighted by Crippen LogP contribution is -2.69. The number of carbonyl (C=O) groups is 3. The Bertz CT molecular complexity index is 1010. The third kappa shape index (κ3) is 2.69. The summed E-state index contributed by atoms with van der Waals surface area (Å²) in [6.45, 7) is 2.06. The molecule has 0 unspecified atom stereocenters. The molecule has 2 aromatic rings. The number of amides is 2. The predicted octanol–water partition coefficient (Wildman–Crippen LogP) is 2.89. The molecule has 1 aromatic carbocycles. The number of fused-ring (bicyclic) bond motifs is 3. The van der Waals surface area contributed by atoms with Gasteiger partial charge < -0.3 is 9.64 Å². The number of hydrogen-bond donors (Lipinski definition) is 0. The Hall–Kier alpha value is -2.74. The molecule has 3 aliphatic rings. The number of para-hydroxylation sites is 1. The van der Waals surface area contributed by atoms with Crippen LogP contribution < -0.4 is 4.90 Å². The summed E-state index contributed by atoms with van der Waals surface area (Å²) in [6, 6.07) is 6.97. The summed E-state index contributed by atoms with van der Waals surface area (Å²) in [5.74, 6) is -0.911. The quantitative estimate of drug-likeness (QED) is 0.707. The van der Waals surface area contributed by atoms with Crippen LogP contribution >= 0.6 is 11.3 Å². The zero-order valence-electron chi connectivity index (χ0n) is 16.1. The normalized spacial score (nSPS) is 23.2. The van der Waals surface area contributed by atoms with Gasteiger partial charge in [-0.15, -0.1) is 11.3 Å². The molecule has 7 nitrogen and oxygen atoms in total. The van der Waals surface area contributed by atoms with Crippen molar-refractivity contribution in [2.75, 3.05) is 4.90 Å². The number of anilines is 1. The van der Waals surface area contributed by atoms with Crippen LogP contribution in [0.3, 0.4) is 0 Å². The largest absolute Gasteiger partial charge is 0.456 e. The van der Waals surface area contributed by atoms with Crippen molar-refractivity contribution in [3.8, 4) is 0 Å². The number of nitrogens with zero attached hydrogens (tertiary/aromatic N) is 3. The minimum absolute atomic E-state index is 0.0352. The first kappa shape index (κ1) is 18.3. The molecule has 0 spiro atoms. The Morgan fingerprint density at radius 2 is 2.10 bits per heavy atom. The smallest absolute Gasteiger partial charge is 0.354 e. The van der Waals surface area contributed by atoms with Gasteiger partial charge in [-0.1, -0.05) is 19.1 Å². The highest BCUT2D eigenvalue weighted by Crippen LogP contribution is 2.49. The van der Waals surface area contributed by atoms with Crippen molar-refractivity contribution >= 4 is 34.8 Å². The number of carbonyl (C=O) groups excluding carboxylic acids is 3. The maximum atomic E-state index is 13.5. The van der Waals surface area contributed by atoms with Gasteiger partial charge in [-0.2, -0.15) is 0 Å². The van der Waals surface area contributed by atoms with Gasteiger partial charge in [0.25, 0.3) is 5.91 Å². The second-order valence-electron chi connectivity index (χ2n) is 7.63. The SMILES string of the molecule is CCc1nc(COC(=O)[C@]23CCC(=O)N2c2ccccc2C(=O)N3C2CC2)cs1. The second-order valence-corrected chi connectivity index (χ2v) is 8.57. The molecule has 1 saturated heterocycles. The van der Waals surface area contributed by atoms with E-state index in [1.807, 2.05) is 12.3 Å². The molecule has 8 heteroatoms. The molecule has 0 bridgehead atoms. The van der Waals surface area contributed by atoms with Crippen LogP contribution in [-0.4, -0.2) is 39.4 Å². The van der Waals surface area contributed by atoms with Crippen LogP contribution in [0, 0.1) is 0 Å². The standard InChI is InChI=1S/C21H21N3O4S/c1-2-17-22-13(12-29-17)11-28-20(27)21-10-9-18(25)24(21)16-6-4-3-5-15(16)19(26)23(21)14-7-8-14/h3-6,12,14H,2,7-11H2,1H3/t21-/m0/s1. The maximum absolute atomic E-state index is 13.5. The Morgan fingerprint density at radius 1 is 1.31 bits per heavy atom. The summed E-state index contributed by atoms with van der Waals surface area (Å²) in [4.78, 5) is 47.2. The number of aromatic nitrogens is 1. The minimum Gasteiger partial charge on any atom is -0.456 e. The molecule has 5 rings (SSSR count). The molecular formula is C21H21N3O4S. The van der Waals surface area contributed by atoms with Crippen molar-refractivity contribution in [2.24, 2.45) is 0 Å². The summed E-state index contributed by atoms with van der Waals surface area (Å²) in [7, 11) is 0. The monoisotopic (exact) mass is 411 g/mol. The third-order valence-electron chi connectivity index (χ3n) is 5.79. The first-order chi connectivity index (χ1) is 14.1. The predicted molar refractivity (Wildman–Crippen MR) is 106 cm³/mol. The Balaban J connectivity index is 1.53. The van der Waals surface area contributed by atoms with Crippen molar-refractivity contribution in [1.29, 1.82) is 0 Å². The average Bonchev–Trinajstić information content (AvgIpc) is 3.35. The zero-order valence-corrected chi connectivity index (χ0v) is 16.9. The van der Waals surface area contributed by atoms with E-state index in [2.05, 4.69) is 4.98 Å². The highest BCUT2D eigenvalue weighted by Gasteiger charge is 2.64. The molecule has 1 aliphatic carbocycles. The maximum Gasteiger partial charge on any atom is 0.354 e. The topological polar surface area (TPSA) is 79.8 Å². The van der Waals surface area contributed by atoms with Crippen LogP contribution in [0.25, 0.3) is 0 Å². The Morgan fingerprint density at radius 3 is 2.83 bits per heavy atom. The Kier molecular flexibility index (Phi) is 4.20. The fourth-order valence-electron chi connectivity index (χ4n) is 4.35. The van der Waals surface area contributed by atoms with E-state index in [-0.39, 0.29) is 37.3 Å². The van der Waals surface area contributed by atoms with E-state index in [1.54, 1.807) is 29.2 Å². The second kappa shape index (κ2) is 6.66. The van der Waals surface area contributed by atoms with Crippen LogP contribution in [0.15, 0.2) is 29.6 Å². The molecule has 1 aromatic heterocycles. The molecule has 0 radical (unpaired) electrons. The van der Waals surface area contributed by atoms with Crippen LogP contribution in [0.1, 0.15) is 53.7 Å². The van der Waals surface area contributed by atoms with Crippen molar-refractivity contribution in [3.05, 3.63) is 45.9 Å². The van der Waals surface area contributed by atoms with Crippen molar-refractivity contribution in [3.63, 3.8) is 0 Å². The van der Waals surface area contributed by atoms with Crippen molar-refractivity contribution in [1.82, 2.24) is 9.88 Å². The van der Waals surface area contributed by atoms with E-state index in [0.29, 0.717) is 16.9 Å². The van der Waals surface area contributed by atoms with Crippen LogP contribution in [0.5, 0.6) is 0 Å². The van der Waals surface area contributed by atoms with Gasteiger partial charge in [0.05, 0.1) is 22.0 Å². The van der Waals surface area contributed by atoms with Gasteiger partial charge in [-0.3, -0.25) is 14.5 Å². The number of ether oxygens (including phenoxy) is 1. The van der Waals surface area contributed by atoms with Crippen molar-refractivity contribution in [2.45, 2.75) is 57.3 Å². The van der Waals surface area contributed by atoms with Gasteiger partial charge in [0.2, 0.25) is 11.6 Å². The molecule has 3 heterocycles. The molecule has 1 atom stereocenters. The molecule has 2 fully saturated rings. The number of esters is 1. The van der Waals surface area contributed by atoms with Crippen molar-refractivity contribution < 1.29 is 19.1 Å². The van der Waals surface area contributed by atoms with E-state index < -0.39 is 11.6 Å². The summed E-state index contributed by atoms with van der Waals surface area (Å²) >= 11 is 1.53. The lowest BCUT2D eigenvalue weighted by atomic mass is 9.96. The molecule has 150 valence electrons. The van der Waals surface area contributed by atoms with Crippen LogP contribution in [0.2, 0.25) is 0 Å². The first-order valence-electron chi connectivity index (χ1n) is 9.92. The molecular weight excluding hydrogens is 390 g/mol. The summed E-state index contributed by atoms with van der Waals surface area (Å²) in [5.41, 5.74) is 0.252. The number of hydrogen-bond acceptors (Lipinski definition) is 6. The molecule has 0 N–H and O–H groups in total. The van der Waals surface area contributed by atoms with Crippen LogP contribution in [0.4, 0.5) is 5.69 Å². The minimum atomic E-state index is -1.40. The zero-order chi connectivity index (χ0) is 20.2.